The van der Waals surface area contributed by atoms with E-state index < -0.39 is 0 Å². The molecule has 0 atom stereocenters. The molecule has 3 heteroatoms. The smallest absolute Gasteiger partial charge is 0.137 e. The molecule has 0 amide bonds. The molecule has 0 saturated heterocycles. The lowest BCUT2D eigenvalue weighted by Crippen LogP contribution is -2.03. The van der Waals surface area contributed by atoms with Gasteiger partial charge in [-0.2, -0.15) is 0 Å². The summed E-state index contributed by atoms with van der Waals surface area (Å²) in [5, 5.41) is 0.449. The van der Waals surface area contributed by atoms with Crippen LogP contribution in [0.3, 0.4) is 0 Å². The molecule has 0 N–H and O–H groups in total. The molecule has 0 aliphatic heterocycles. The maximum Gasteiger partial charge on any atom is 0.137 e. The zero-order valence-electron chi connectivity index (χ0n) is 9.71. The van der Waals surface area contributed by atoms with Crippen LogP contribution in [0.4, 0.5) is 0 Å². The van der Waals surface area contributed by atoms with Gasteiger partial charge < -0.3 is 0 Å². The number of hydrogen-bond acceptors (Lipinski definition) is 2. The molecule has 0 fully saturated rings. The van der Waals surface area contributed by atoms with E-state index >= 15 is 0 Å². The molecule has 0 aromatic carbocycles. The average molecular weight is 240 g/mol. The van der Waals surface area contributed by atoms with Crippen LogP contribution in [0.1, 0.15) is 44.6 Å². The minimum absolute atomic E-state index is 0.256. The average Bonchev–Trinajstić information content (AvgIpc) is 2.28. The van der Waals surface area contributed by atoms with E-state index in [-0.39, 0.29) is 5.78 Å². The van der Waals surface area contributed by atoms with Crippen molar-refractivity contribution in [3.8, 4) is 0 Å². The summed E-state index contributed by atoms with van der Waals surface area (Å²) >= 11 is 5.89. The van der Waals surface area contributed by atoms with Crippen LogP contribution in [-0.4, -0.2) is 10.8 Å². The Kier molecular flexibility index (Phi) is 6.09. The first kappa shape index (κ1) is 13.2. The highest BCUT2D eigenvalue weighted by atomic mass is 35.5. The highest BCUT2D eigenvalue weighted by Gasteiger charge is 2.06. The topological polar surface area (TPSA) is 30.0 Å². The van der Waals surface area contributed by atoms with Gasteiger partial charge in [0.25, 0.3) is 0 Å². The van der Waals surface area contributed by atoms with Crippen molar-refractivity contribution in [3.05, 3.63) is 29.0 Å². The second kappa shape index (κ2) is 7.39. The number of hydrogen-bond donors (Lipinski definition) is 0. The molecule has 88 valence electrons. The SMILES string of the molecule is CCCCCCC(=O)Cc1cccnc1Cl. The summed E-state index contributed by atoms with van der Waals surface area (Å²) in [6.07, 6.45) is 7.25. The molecule has 0 saturated carbocycles. The molecule has 1 aromatic rings. The number of unbranched alkanes of at least 4 members (excludes halogenated alkanes) is 3. The van der Waals surface area contributed by atoms with Crippen molar-refractivity contribution in [2.45, 2.75) is 45.4 Å². The van der Waals surface area contributed by atoms with E-state index in [0.29, 0.717) is 18.0 Å². The van der Waals surface area contributed by atoms with Crippen molar-refractivity contribution in [2.75, 3.05) is 0 Å². The third-order valence-electron chi connectivity index (χ3n) is 2.53. The summed E-state index contributed by atoms with van der Waals surface area (Å²) < 4.78 is 0. The Labute approximate surface area is 102 Å². The third kappa shape index (κ3) is 4.75. The summed E-state index contributed by atoms with van der Waals surface area (Å²) in [6, 6.07) is 3.67. The van der Waals surface area contributed by atoms with Gasteiger partial charge in [0, 0.05) is 19.0 Å². The standard InChI is InChI=1S/C13H18ClNO/c1-2-3-4-5-8-12(16)10-11-7-6-9-15-13(11)14/h6-7,9H,2-5,8,10H2,1H3. The van der Waals surface area contributed by atoms with Crippen molar-refractivity contribution in [1.82, 2.24) is 4.98 Å². The van der Waals surface area contributed by atoms with Crippen molar-refractivity contribution >= 4 is 17.4 Å². The predicted molar refractivity (Wildman–Crippen MR) is 66.7 cm³/mol. The number of carbonyl (C=O) groups is 1. The van der Waals surface area contributed by atoms with E-state index in [0.717, 1.165) is 18.4 Å². The fraction of sp³-hybridized carbons (Fsp3) is 0.538. The van der Waals surface area contributed by atoms with E-state index in [1.165, 1.54) is 12.8 Å². The number of rotatable bonds is 7. The summed E-state index contributed by atoms with van der Waals surface area (Å²) in [4.78, 5) is 15.6. The van der Waals surface area contributed by atoms with Gasteiger partial charge in [-0.1, -0.05) is 43.9 Å². The highest BCUT2D eigenvalue weighted by Crippen LogP contribution is 2.14. The van der Waals surface area contributed by atoms with Crippen molar-refractivity contribution < 1.29 is 4.79 Å². The molecule has 1 aromatic heterocycles. The quantitative estimate of drug-likeness (QED) is 0.535. The van der Waals surface area contributed by atoms with Gasteiger partial charge in [0.05, 0.1) is 0 Å². The molecular formula is C13H18ClNO. The Morgan fingerprint density at radius 1 is 1.38 bits per heavy atom. The number of aromatic nitrogens is 1. The van der Waals surface area contributed by atoms with Crippen LogP contribution in [0, 0.1) is 0 Å². The molecule has 16 heavy (non-hydrogen) atoms. The maximum atomic E-state index is 11.6. The van der Waals surface area contributed by atoms with Gasteiger partial charge in [0.2, 0.25) is 0 Å². The zero-order valence-corrected chi connectivity index (χ0v) is 10.5. The lowest BCUT2D eigenvalue weighted by molar-refractivity contribution is -0.118. The maximum absolute atomic E-state index is 11.6. The van der Waals surface area contributed by atoms with Crippen LogP contribution in [0.5, 0.6) is 0 Å². The molecule has 1 rings (SSSR count). The molecule has 0 radical (unpaired) electrons. The summed E-state index contributed by atoms with van der Waals surface area (Å²) in [7, 11) is 0. The number of Topliss-reactive ketones (excluding diaryl/α,β-unsaturated/α-hetero) is 1. The first-order chi connectivity index (χ1) is 7.74. The first-order valence-corrected chi connectivity index (χ1v) is 6.23. The molecule has 2 nitrogen and oxygen atoms in total. The fourth-order valence-electron chi connectivity index (χ4n) is 1.60. The second-order valence-corrected chi connectivity index (χ2v) is 4.34. The van der Waals surface area contributed by atoms with E-state index in [1.54, 1.807) is 6.20 Å². The van der Waals surface area contributed by atoms with Crippen LogP contribution < -0.4 is 0 Å². The fourth-order valence-corrected chi connectivity index (χ4v) is 1.79. The Morgan fingerprint density at radius 2 is 2.19 bits per heavy atom. The van der Waals surface area contributed by atoms with Gasteiger partial charge in [-0.15, -0.1) is 0 Å². The summed E-state index contributed by atoms with van der Waals surface area (Å²) in [6.45, 7) is 2.16. The monoisotopic (exact) mass is 239 g/mol. The van der Waals surface area contributed by atoms with Crippen LogP contribution >= 0.6 is 11.6 Å². The molecular weight excluding hydrogens is 222 g/mol. The van der Waals surface area contributed by atoms with Gasteiger partial charge >= 0.3 is 0 Å². The normalized spacial score (nSPS) is 10.4. The molecule has 1 heterocycles. The molecule has 0 bridgehead atoms. The van der Waals surface area contributed by atoms with E-state index in [2.05, 4.69) is 11.9 Å². The minimum atomic E-state index is 0.256. The molecule has 0 aliphatic carbocycles. The van der Waals surface area contributed by atoms with Crippen LogP contribution in [0.15, 0.2) is 18.3 Å². The number of carbonyl (C=O) groups excluding carboxylic acids is 1. The molecule has 0 spiro atoms. The first-order valence-electron chi connectivity index (χ1n) is 5.85. The molecule has 0 unspecified atom stereocenters. The van der Waals surface area contributed by atoms with Gasteiger partial charge in [-0.05, 0) is 18.1 Å². The van der Waals surface area contributed by atoms with Crippen molar-refractivity contribution in [1.29, 1.82) is 0 Å². The van der Waals surface area contributed by atoms with Crippen LogP contribution in [0.25, 0.3) is 0 Å². The Morgan fingerprint density at radius 3 is 2.88 bits per heavy atom. The number of pyridine rings is 1. The van der Waals surface area contributed by atoms with E-state index in [4.69, 9.17) is 11.6 Å². The van der Waals surface area contributed by atoms with Crippen molar-refractivity contribution in [3.63, 3.8) is 0 Å². The number of ketones is 1. The number of nitrogens with zero attached hydrogens (tertiary/aromatic N) is 1. The Balaban J connectivity index is 2.32. The van der Waals surface area contributed by atoms with Crippen molar-refractivity contribution in [2.24, 2.45) is 0 Å². The second-order valence-electron chi connectivity index (χ2n) is 3.98. The Hall–Kier alpha value is -0.890. The lowest BCUT2D eigenvalue weighted by atomic mass is 10.1. The van der Waals surface area contributed by atoms with E-state index in [1.807, 2.05) is 12.1 Å². The van der Waals surface area contributed by atoms with Gasteiger partial charge in [0.15, 0.2) is 0 Å². The minimum Gasteiger partial charge on any atom is -0.299 e. The highest BCUT2D eigenvalue weighted by molar-refractivity contribution is 6.30. The van der Waals surface area contributed by atoms with Crippen LogP contribution in [-0.2, 0) is 11.2 Å². The number of halogens is 1. The third-order valence-corrected chi connectivity index (χ3v) is 2.87. The molecule has 0 aliphatic rings. The summed E-state index contributed by atoms with van der Waals surface area (Å²) in [5.74, 6) is 0.256. The van der Waals surface area contributed by atoms with Gasteiger partial charge in [0.1, 0.15) is 10.9 Å². The van der Waals surface area contributed by atoms with Gasteiger partial charge in [-0.3, -0.25) is 4.79 Å². The lowest BCUT2D eigenvalue weighted by Gasteiger charge is -2.02. The zero-order chi connectivity index (χ0) is 11.8. The predicted octanol–water partition coefficient (Wildman–Crippen LogP) is 3.82. The van der Waals surface area contributed by atoms with E-state index in [9.17, 15) is 4.79 Å². The largest absolute Gasteiger partial charge is 0.299 e. The summed E-state index contributed by atoms with van der Waals surface area (Å²) in [5.41, 5.74) is 0.838. The van der Waals surface area contributed by atoms with Gasteiger partial charge in [-0.25, -0.2) is 4.98 Å². The van der Waals surface area contributed by atoms with Crippen LogP contribution in [0.2, 0.25) is 5.15 Å². The Bertz CT molecular complexity index is 338.